The van der Waals surface area contributed by atoms with Crippen molar-refractivity contribution < 1.29 is 27.4 Å². The molecule has 0 unspecified atom stereocenters. The Morgan fingerprint density at radius 2 is 1.88 bits per heavy atom. The van der Waals surface area contributed by atoms with Crippen LogP contribution in [0.1, 0.15) is 54.4 Å². The summed E-state index contributed by atoms with van der Waals surface area (Å²) < 4.78 is 39.7. The summed E-state index contributed by atoms with van der Waals surface area (Å²) in [6.07, 6.45) is 11.9. The number of unbranched alkanes of at least 4 members (excludes halogenated alkanes) is 2. The van der Waals surface area contributed by atoms with Crippen molar-refractivity contribution in [2.45, 2.75) is 32.6 Å². The van der Waals surface area contributed by atoms with Crippen LogP contribution in [0.25, 0.3) is 18.2 Å². The molecule has 10 heteroatoms. The zero-order valence-corrected chi connectivity index (χ0v) is 23.0. The van der Waals surface area contributed by atoms with Gasteiger partial charge in [0.05, 0.1) is 4.88 Å². The fraction of sp³-hybridized carbons (Fsp3) is 0.233. The van der Waals surface area contributed by atoms with E-state index in [1.54, 1.807) is 61.6 Å². The van der Waals surface area contributed by atoms with Crippen LogP contribution in [0.4, 0.5) is 8.63 Å². The molecule has 6 nitrogen and oxygen atoms in total. The quantitative estimate of drug-likeness (QED) is 0.218. The van der Waals surface area contributed by atoms with Gasteiger partial charge in [-0.1, -0.05) is 30.7 Å². The van der Waals surface area contributed by atoms with E-state index in [-0.39, 0.29) is 18.3 Å². The lowest BCUT2D eigenvalue weighted by molar-refractivity contribution is -0.360. The highest BCUT2D eigenvalue weighted by Gasteiger charge is 2.52. The van der Waals surface area contributed by atoms with Crippen molar-refractivity contribution in [3.05, 3.63) is 93.6 Å². The maximum Gasteiger partial charge on any atom is 0.737 e. The molecule has 2 aliphatic rings. The highest BCUT2D eigenvalue weighted by molar-refractivity contribution is 7.12. The van der Waals surface area contributed by atoms with Gasteiger partial charge >= 0.3 is 6.97 Å². The summed E-state index contributed by atoms with van der Waals surface area (Å²) >= 11 is 1.44. The first-order chi connectivity index (χ1) is 19.3. The summed E-state index contributed by atoms with van der Waals surface area (Å²) in [5, 5.41) is 4.69. The summed E-state index contributed by atoms with van der Waals surface area (Å²) in [4.78, 5) is 23.8. The van der Waals surface area contributed by atoms with Crippen molar-refractivity contribution >= 4 is 53.9 Å². The van der Waals surface area contributed by atoms with Crippen LogP contribution in [0.5, 0.6) is 5.75 Å². The molecule has 5 rings (SSSR count). The van der Waals surface area contributed by atoms with Crippen LogP contribution in [0.2, 0.25) is 0 Å². The van der Waals surface area contributed by atoms with Gasteiger partial charge in [-0.3, -0.25) is 4.79 Å². The Labute approximate surface area is 236 Å². The molecule has 0 saturated heterocycles. The number of allylic oxidation sites excluding steroid dienone is 2. The summed E-state index contributed by atoms with van der Waals surface area (Å²) in [7, 11) is 0. The second-order valence-corrected chi connectivity index (χ2v) is 10.8. The maximum absolute atomic E-state index is 15.9. The molecule has 206 valence electrons. The minimum atomic E-state index is -4.09. The van der Waals surface area contributed by atoms with E-state index in [1.807, 2.05) is 29.6 Å². The van der Waals surface area contributed by atoms with Crippen molar-refractivity contribution in [3.8, 4) is 5.75 Å². The fourth-order valence-corrected chi connectivity index (χ4v) is 5.62. The Bertz CT molecular complexity index is 1520. The monoisotopic (exact) mass is 561 g/mol. The maximum atomic E-state index is 15.9. The van der Waals surface area contributed by atoms with Gasteiger partial charge in [0.25, 0.3) is 5.91 Å². The third-order valence-corrected chi connectivity index (χ3v) is 7.74. The number of nitrogens with zero attached hydrogens (tertiary/aromatic N) is 2. The Balaban J connectivity index is 1.19. The van der Waals surface area contributed by atoms with Gasteiger partial charge in [0, 0.05) is 42.6 Å². The van der Waals surface area contributed by atoms with Gasteiger partial charge in [-0.15, -0.1) is 11.3 Å². The van der Waals surface area contributed by atoms with Gasteiger partial charge in [0.1, 0.15) is 11.5 Å². The van der Waals surface area contributed by atoms with Gasteiger partial charge in [-0.2, -0.15) is 0 Å². The zero-order chi connectivity index (χ0) is 28.1. The van der Waals surface area contributed by atoms with Crippen LogP contribution in [-0.4, -0.2) is 46.5 Å². The molecule has 0 bridgehead atoms. The fourth-order valence-electron chi connectivity index (χ4n) is 4.87. The number of hydrogen-bond acceptors (Lipinski definition) is 4. The molecule has 0 saturated carbocycles. The lowest BCUT2D eigenvalue weighted by atomic mass is 9.90. The minimum Gasteiger partial charge on any atom is -0.484 e. The average molecular weight is 561 g/mol. The summed E-state index contributed by atoms with van der Waals surface area (Å²) in [5.74, 6) is 0.518. The molecule has 0 radical (unpaired) electrons. The van der Waals surface area contributed by atoms with Gasteiger partial charge < -0.3 is 32.4 Å². The van der Waals surface area contributed by atoms with Crippen molar-refractivity contribution in [3.63, 3.8) is 0 Å². The van der Waals surface area contributed by atoms with Gasteiger partial charge in [0.15, 0.2) is 18.0 Å². The van der Waals surface area contributed by atoms with E-state index in [9.17, 15) is 9.59 Å². The van der Waals surface area contributed by atoms with Crippen LogP contribution in [-0.2, 0) is 9.59 Å². The third-order valence-electron chi connectivity index (χ3n) is 6.85. The Kier molecular flexibility index (Phi) is 8.25. The number of Topliss-reactive ketones (excluding diaryl/α,β-unsaturated/α-hetero) is 1. The molecule has 0 aliphatic carbocycles. The van der Waals surface area contributed by atoms with Crippen molar-refractivity contribution in [2.75, 3.05) is 13.2 Å². The number of fused-ring (bicyclic) bond motifs is 2. The first-order valence-electron chi connectivity index (χ1n) is 13.3. The highest BCUT2D eigenvalue weighted by atomic mass is 32.1. The number of ether oxygens (including phenoxy) is 1. The number of thiophene rings is 1. The van der Waals surface area contributed by atoms with E-state index in [0.29, 0.717) is 41.5 Å². The molecule has 0 atom stereocenters. The van der Waals surface area contributed by atoms with Gasteiger partial charge in [0.2, 0.25) is 0 Å². The normalized spacial score (nSPS) is 15.2. The van der Waals surface area contributed by atoms with Crippen LogP contribution >= 0.6 is 11.3 Å². The lowest BCUT2D eigenvalue weighted by Crippen LogP contribution is -2.50. The van der Waals surface area contributed by atoms with E-state index in [4.69, 9.17) is 4.74 Å². The Morgan fingerprint density at radius 1 is 1.05 bits per heavy atom. The van der Waals surface area contributed by atoms with Crippen LogP contribution in [0, 0.1) is 0 Å². The number of benzene rings is 1. The second-order valence-electron chi connectivity index (χ2n) is 9.83. The number of carbonyl (C=O) groups is 2. The number of amides is 1. The number of aromatic nitrogens is 1. The van der Waals surface area contributed by atoms with E-state index in [2.05, 4.69) is 5.32 Å². The topological polar surface area (TPSA) is 63.3 Å². The zero-order valence-electron chi connectivity index (χ0n) is 22.2. The van der Waals surface area contributed by atoms with Crippen LogP contribution in [0.3, 0.4) is 0 Å². The molecule has 1 aromatic carbocycles. The van der Waals surface area contributed by atoms with Crippen LogP contribution < -0.4 is 10.1 Å². The predicted molar refractivity (Wildman–Crippen MR) is 157 cm³/mol. The SMILES string of the molecule is CC(=O)CCCCCNC(=O)COc1ccc(/C=C/c2ccc3n2[B-](F)(F)[N+]2=C(c4cccs4)C=CC2=C3)cc1. The molecular weight excluding hydrogens is 531 g/mol. The van der Waals surface area contributed by atoms with E-state index < -0.39 is 6.97 Å². The van der Waals surface area contributed by atoms with E-state index in [1.165, 1.54) is 11.3 Å². The molecule has 40 heavy (non-hydrogen) atoms. The molecule has 2 aromatic heterocycles. The largest absolute Gasteiger partial charge is 0.737 e. The first kappa shape index (κ1) is 27.5. The molecule has 1 N–H and O–H groups in total. The lowest BCUT2D eigenvalue weighted by Gasteiger charge is -2.30. The van der Waals surface area contributed by atoms with E-state index in [0.717, 1.165) is 38.7 Å². The van der Waals surface area contributed by atoms with Gasteiger partial charge in [-0.25, -0.2) is 0 Å². The molecule has 2 aliphatic heterocycles. The number of carbonyl (C=O) groups excluding carboxylic acids is 2. The molecule has 3 aromatic rings. The molecule has 0 spiro atoms. The predicted octanol–water partition coefficient (Wildman–Crippen LogP) is 6.01. The molecular formula is C30H30BF2N3O3S. The summed E-state index contributed by atoms with van der Waals surface area (Å²) in [6, 6.07) is 14.2. The van der Waals surface area contributed by atoms with Crippen molar-refractivity contribution in [1.29, 1.82) is 0 Å². The molecule has 0 fully saturated rings. The smallest absolute Gasteiger partial charge is 0.484 e. The summed E-state index contributed by atoms with van der Waals surface area (Å²) in [5.41, 5.74) is 2.68. The average Bonchev–Trinajstić information content (AvgIpc) is 3.69. The van der Waals surface area contributed by atoms with Crippen LogP contribution in [0.15, 0.2) is 71.8 Å². The number of hydrogen-bond donors (Lipinski definition) is 1. The van der Waals surface area contributed by atoms with Crippen molar-refractivity contribution in [1.82, 2.24) is 9.79 Å². The summed E-state index contributed by atoms with van der Waals surface area (Å²) in [6.45, 7) is -2.06. The number of halogens is 2. The van der Waals surface area contributed by atoms with E-state index >= 15 is 8.63 Å². The second kappa shape index (κ2) is 12.0. The molecule has 4 heterocycles. The highest BCUT2D eigenvalue weighted by Crippen LogP contribution is 2.34. The third kappa shape index (κ3) is 6.07. The molecule has 1 amide bonds. The number of ketones is 1. The Hall–Kier alpha value is -4.05. The van der Waals surface area contributed by atoms with Gasteiger partial charge in [-0.05, 0) is 67.1 Å². The minimum absolute atomic E-state index is 0.0958. The first-order valence-corrected chi connectivity index (χ1v) is 14.2. The Morgan fingerprint density at radius 3 is 2.62 bits per heavy atom. The van der Waals surface area contributed by atoms with Crippen molar-refractivity contribution in [2.24, 2.45) is 0 Å². The standard InChI is InChI=1S/C30H30BF2N3O3S/c1-22(37)6-3-2-4-18-34-30(38)21-39-27-15-9-23(10-16-27)8-11-24-12-13-25-20-26-14-17-28(29-7-5-19-40-29)36(26)31(32,33)35(24)25/h5,7-17,19-20H,2-4,6,18,21H2,1H3,(H,34,38)/b11-8+. The number of nitrogens with one attached hydrogen (secondary N) is 1. The number of rotatable bonds is 12.